The van der Waals surface area contributed by atoms with Crippen molar-refractivity contribution in [1.29, 1.82) is 0 Å². The van der Waals surface area contributed by atoms with Crippen molar-refractivity contribution in [1.82, 2.24) is 15.1 Å². The molecule has 1 aromatic rings. The average Bonchev–Trinajstić information content (AvgIpc) is 2.94. The van der Waals surface area contributed by atoms with E-state index in [1.807, 2.05) is 13.8 Å². The zero-order valence-electron chi connectivity index (χ0n) is 14.3. The first kappa shape index (κ1) is 18.6. The Morgan fingerprint density at radius 3 is 2.71 bits per heavy atom. The Balaban J connectivity index is 2.23. The van der Waals surface area contributed by atoms with Crippen LogP contribution in [0, 0.1) is 11.6 Å². The summed E-state index contributed by atoms with van der Waals surface area (Å²) in [6.07, 6.45) is 0.723. The van der Waals surface area contributed by atoms with Gasteiger partial charge in [0.25, 0.3) is 0 Å². The molecule has 0 bridgehead atoms. The molecule has 134 valence electrons. The van der Waals surface area contributed by atoms with Crippen LogP contribution in [0.2, 0.25) is 0 Å². The first-order valence-electron chi connectivity index (χ1n) is 8.18. The summed E-state index contributed by atoms with van der Waals surface area (Å²) in [5, 5.41) is 11.9. The maximum absolute atomic E-state index is 13.7. The van der Waals surface area contributed by atoms with E-state index in [4.69, 9.17) is 5.11 Å². The summed E-state index contributed by atoms with van der Waals surface area (Å²) in [6.45, 7) is 4.96. The monoisotopic (exact) mass is 341 g/mol. The van der Waals surface area contributed by atoms with E-state index in [9.17, 15) is 13.6 Å². The van der Waals surface area contributed by atoms with Gasteiger partial charge in [0.2, 0.25) is 0 Å². The van der Waals surface area contributed by atoms with Crippen molar-refractivity contribution in [3.05, 3.63) is 35.4 Å². The molecule has 7 heteroatoms. The van der Waals surface area contributed by atoms with Gasteiger partial charge in [0.15, 0.2) is 11.6 Å². The molecule has 1 fully saturated rings. The SMILES string of the molecule is CC(C)N1CC[C@@H](NC(=O)N(C)CCO)[C@@H]1c1ccc(F)c(F)c1. The van der Waals surface area contributed by atoms with Crippen molar-refractivity contribution in [3.63, 3.8) is 0 Å². The van der Waals surface area contributed by atoms with Gasteiger partial charge in [0.1, 0.15) is 0 Å². The molecule has 5 nitrogen and oxygen atoms in total. The summed E-state index contributed by atoms with van der Waals surface area (Å²) in [6, 6.07) is 3.40. The Kier molecular flexibility index (Phi) is 6.12. The summed E-state index contributed by atoms with van der Waals surface area (Å²) >= 11 is 0. The van der Waals surface area contributed by atoms with Crippen molar-refractivity contribution in [2.45, 2.75) is 38.4 Å². The molecule has 0 saturated carbocycles. The van der Waals surface area contributed by atoms with Crippen LogP contribution >= 0.6 is 0 Å². The number of carbonyl (C=O) groups excluding carboxylic acids is 1. The number of hydrogen-bond acceptors (Lipinski definition) is 3. The number of amides is 2. The number of aliphatic hydroxyl groups is 1. The van der Waals surface area contributed by atoms with Crippen molar-refractivity contribution in [3.8, 4) is 0 Å². The molecule has 2 N–H and O–H groups in total. The third-order valence-electron chi connectivity index (χ3n) is 4.48. The van der Waals surface area contributed by atoms with Crippen molar-refractivity contribution in [2.24, 2.45) is 0 Å². The number of nitrogens with one attached hydrogen (secondary N) is 1. The fraction of sp³-hybridized carbons (Fsp3) is 0.588. The highest BCUT2D eigenvalue weighted by atomic mass is 19.2. The molecule has 0 spiro atoms. The van der Waals surface area contributed by atoms with Gasteiger partial charge in [-0.1, -0.05) is 6.07 Å². The predicted molar refractivity (Wildman–Crippen MR) is 87.6 cm³/mol. The molecule has 24 heavy (non-hydrogen) atoms. The summed E-state index contributed by atoms with van der Waals surface area (Å²) in [5.74, 6) is -1.76. The van der Waals surface area contributed by atoms with Crippen LogP contribution in [0.3, 0.4) is 0 Å². The van der Waals surface area contributed by atoms with Crippen LogP contribution < -0.4 is 5.32 Å². The van der Waals surface area contributed by atoms with Crippen LogP contribution in [0.4, 0.5) is 13.6 Å². The van der Waals surface area contributed by atoms with E-state index in [0.717, 1.165) is 19.0 Å². The number of aliphatic hydroxyl groups excluding tert-OH is 1. The van der Waals surface area contributed by atoms with E-state index in [2.05, 4.69) is 10.2 Å². The minimum Gasteiger partial charge on any atom is -0.395 e. The van der Waals surface area contributed by atoms with E-state index in [0.29, 0.717) is 5.56 Å². The molecule has 1 heterocycles. The van der Waals surface area contributed by atoms with Crippen LogP contribution in [0.25, 0.3) is 0 Å². The van der Waals surface area contributed by atoms with Gasteiger partial charge in [-0.05, 0) is 38.0 Å². The third-order valence-corrected chi connectivity index (χ3v) is 4.48. The number of likely N-dealkylation sites (tertiary alicyclic amines) is 1. The molecule has 2 amide bonds. The lowest BCUT2D eigenvalue weighted by Crippen LogP contribution is -2.46. The topological polar surface area (TPSA) is 55.8 Å². The largest absolute Gasteiger partial charge is 0.395 e. The molecule has 1 aliphatic heterocycles. The van der Waals surface area contributed by atoms with Crippen molar-refractivity contribution >= 4 is 6.03 Å². The molecular formula is C17H25F2N3O2. The summed E-state index contributed by atoms with van der Waals surface area (Å²) in [7, 11) is 1.60. The first-order chi connectivity index (χ1) is 11.3. The maximum atomic E-state index is 13.7. The Morgan fingerprint density at radius 1 is 1.42 bits per heavy atom. The van der Waals surface area contributed by atoms with Crippen molar-refractivity contribution < 1.29 is 18.7 Å². The molecule has 1 saturated heterocycles. The lowest BCUT2D eigenvalue weighted by Gasteiger charge is -2.32. The second kappa shape index (κ2) is 7.90. The zero-order chi connectivity index (χ0) is 17.9. The van der Waals surface area contributed by atoms with Gasteiger partial charge in [-0.15, -0.1) is 0 Å². The fourth-order valence-corrected chi connectivity index (χ4v) is 3.19. The fourth-order valence-electron chi connectivity index (χ4n) is 3.19. The van der Waals surface area contributed by atoms with Gasteiger partial charge in [-0.2, -0.15) is 0 Å². The van der Waals surface area contributed by atoms with Crippen LogP contribution in [0.1, 0.15) is 31.9 Å². The van der Waals surface area contributed by atoms with Gasteiger partial charge in [0, 0.05) is 26.2 Å². The minimum absolute atomic E-state index is 0.112. The van der Waals surface area contributed by atoms with Crippen LogP contribution in [0.15, 0.2) is 18.2 Å². The molecule has 1 aromatic carbocycles. The normalized spacial score (nSPS) is 21.3. The number of hydrogen-bond donors (Lipinski definition) is 2. The smallest absolute Gasteiger partial charge is 0.317 e. The van der Waals surface area contributed by atoms with Crippen LogP contribution in [-0.4, -0.2) is 59.8 Å². The van der Waals surface area contributed by atoms with Crippen molar-refractivity contribution in [2.75, 3.05) is 26.7 Å². The molecule has 0 unspecified atom stereocenters. The van der Waals surface area contributed by atoms with Crippen LogP contribution in [0.5, 0.6) is 0 Å². The average molecular weight is 341 g/mol. The number of likely N-dealkylation sites (N-methyl/N-ethyl adjacent to an activating group) is 1. The standard InChI is InChI=1S/C17H25F2N3O2/c1-11(2)22-7-6-15(20-17(24)21(3)8-9-23)16(22)12-4-5-13(18)14(19)10-12/h4-5,10-11,15-16,23H,6-9H2,1-3H3,(H,20,24)/t15-,16+/m1/s1. The van der Waals surface area contributed by atoms with Crippen LogP contribution in [-0.2, 0) is 0 Å². The van der Waals surface area contributed by atoms with E-state index in [-0.39, 0.29) is 37.3 Å². The molecule has 0 aromatic heterocycles. The molecule has 0 aliphatic carbocycles. The highest BCUT2D eigenvalue weighted by Gasteiger charge is 2.38. The quantitative estimate of drug-likeness (QED) is 0.863. The Hall–Kier alpha value is -1.73. The lowest BCUT2D eigenvalue weighted by molar-refractivity contribution is 0.171. The van der Waals surface area contributed by atoms with Gasteiger partial charge in [-0.3, -0.25) is 4.90 Å². The molecular weight excluding hydrogens is 316 g/mol. The number of nitrogens with zero attached hydrogens (tertiary/aromatic N) is 2. The Labute approximate surface area is 141 Å². The Morgan fingerprint density at radius 2 is 2.12 bits per heavy atom. The number of halogens is 2. The predicted octanol–water partition coefficient (Wildman–Crippen LogP) is 2.12. The highest BCUT2D eigenvalue weighted by molar-refractivity contribution is 5.74. The first-order valence-corrected chi connectivity index (χ1v) is 8.18. The number of urea groups is 1. The minimum atomic E-state index is -0.884. The van der Waals surface area contributed by atoms with Gasteiger partial charge >= 0.3 is 6.03 Å². The second-order valence-electron chi connectivity index (χ2n) is 6.44. The molecule has 2 rings (SSSR count). The maximum Gasteiger partial charge on any atom is 0.317 e. The molecule has 2 atom stereocenters. The number of benzene rings is 1. The third kappa shape index (κ3) is 4.02. The van der Waals surface area contributed by atoms with Gasteiger partial charge < -0.3 is 15.3 Å². The summed E-state index contributed by atoms with van der Waals surface area (Å²) in [5.41, 5.74) is 0.648. The lowest BCUT2D eigenvalue weighted by atomic mass is 9.99. The summed E-state index contributed by atoms with van der Waals surface area (Å²) in [4.78, 5) is 15.8. The molecule has 0 radical (unpaired) electrons. The van der Waals surface area contributed by atoms with E-state index >= 15 is 0 Å². The zero-order valence-corrected chi connectivity index (χ0v) is 14.3. The number of rotatable bonds is 5. The van der Waals surface area contributed by atoms with Gasteiger partial charge in [0.05, 0.1) is 18.7 Å². The Bertz CT molecular complexity index is 583. The summed E-state index contributed by atoms with van der Waals surface area (Å²) < 4.78 is 26.9. The van der Waals surface area contributed by atoms with E-state index in [1.165, 1.54) is 11.0 Å². The van der Waals surface area contributed by atoms with Gasteiger partial charge in [-0.25, -0.2) is 13.6 Å². The van der Waals surface area contributed by atoms with E-state index in [1.54, 1.807) is 13.1 Å². The molecule has 1 aliphatic rings. The highest BCUT2D eigenvalue weighted by Crippen LogP contribution is 2.34. The van der Waals surface area contributed by atoms with E-state index < -0.39 is 11.6 Å². The number of carbonyl (C=O) groups is 1. The second-order valence-corrected chi connectivity index (χ2v) is 6.44.